The number of thiol groups is 1. The third kappa shape index (κ3) is 45.8. The van der Waals surface area contributed by atoms with Gasteiger partial charge in [-0.25, -0.2) is 0 Å². The lowest BCUT2D eigenvalue weighted by atomic mass is 10.5. The fourth-order valence-electron chi connectivity index (χ4n) is 0.445. The zero-order chi connectivity index (χ0) is 10.9. The van der Waals surface area contributed by atoms with E-state index in [2.05, 4.69) is 44.2 Å². The summed E-state index contributed by atoms with van der Waals surface area (Å²) >= 11 is 3.94. The molecule has 0 aliphatic carbocycles. The Bertz CT molecular complexity index is 64.1. The maximum absolute atomic E-state index is 4.75. The van der Waals surface area contributed by atoms with Gasteiger partial charge >= 0.3 is 0 Å². The van der Waals surface area contributed by atoms with Crippen molar-refractivity contribution < 1.29 is 4.43 Å². The molecule has 0 amide bonds. The van der Waals surface area contributed by atoms with E-state index in [9.17, 15) is 0 Å². The Morgan fingerprint density at radius 3 is 2.08 bits per heavy atom. The molecule has 0 spiro atoms. The molecule has 13 heavy (non-hydrogen) atoms. The second-order valence-corrected chi connectivity index (χ2v) is 6.05. The molecule has 0 radical (unpaired) electrons. The van der Waals surface area contributed by atoms with Crippen LogP contribution in [0.4, 0.5) is 0 Å². The van der Waals surface area contributed by atoms with E-state index in [0.29, 0.717) is 0 Å². The van der Waals surface area contributed by atoms with E-state index in [1.54, 1.807) is 7.11 Å². The van der Waals surface area contributed by atoms with Gasteiger partial charge in [0.25, 0.3) is 0 Å². The maximum atomic E-state index is 4.75. The highest BCUT2D eigenvalue weighted by Crippen LogP contribution is 1.65. The van der Waals surface area contributed by atoms with Crippen LogP contribution in [0.5, 0.6) is 0 Å². The van der Waals surface area contributed by atoms with Crippen LogP contribution in [0.3, 0.4) is 0 Å². The molecule has 0 fully saturated rings. The zero-order valence-corrected chi connectivity index (χ0v) is 13.0. The summed E-state index contributed by atoms with van der Waals surface area (Å²) in [6.07, 6.45) is 1.28. The summed E-state index contributed by atoms with van der Waals surface area (Å²) < 4.78 is 4.75. The largest absolute Gasteiger partial charge is 0.426 e. The zero-order valence-electron chi connectivity index (χ0n) is 9.31. The molecule has 1 N–H and O–H groups in total. The van der Waals surface area contributed by atoms with Gasteiger partial charge in [0.15, 0.2) is 9.76 Å². The van der Waals surface area contributed by atoms with Gasteiger partial charge < -0.3 is 9.41 Å². The van der Waals surface area contributed by atoms with Crippen molar-refractivity contribution in [1.29, 1.82) is 0 Å². The quantitative estimate of drug-likeness (QED) is 0.316. The van der Waals surface area contributed by atoms with Gasteiger partial charge in [0.05, 0.1) is 9.68 Å². The minimum Gasteiger partial charge on any atom is -0.426 e. The molecule has 0 aromatic carbocycles. The molecular weight excluding hydrogens is 214 g/mol. The summed E-state index contributed by atoms with van der Waals surface area (Å²) in [6.45, 7) is 11.7. The molecule has 82 valence electrons. The summed E-state index contributed by atoms with van der Waals surface area (Å²) in [7, 11) is 1.67. The standard InChI is InChI=1S/C4H13NSi.C2H8OSSi.C2H4/c1-3-4-5-6-2;1-3-5-2-4;1-2/h5H,3-4,6H2,1-2H3;4H,2,5H2,1H3;1-2H2. The van der Waals surface area contributed by atoms with Crippen molar-refractivity contribution in [2.24, 2.45) is 0 Å². The van der Waals surface area contributed by atoms with Gasteiger partial charge in [-0.05, 0) is 13.0 Å². The number of rotatable bonds is 5. The van der Waals surface area contributed by atoms with Crippen LogP contribution in [0.1, 0.15) is 13.3 Å². The third-order valence-corrected chi connectivity index (χ3v) is 2.96. The minimum atomic E-state index is -0.204. The van der Waals surface area contributed by atoms with Gasteiger partial charge in [0, 0.05) is 12.5 Å². The van der Waals surface area contributed by atoms with Gasteiger partial charge in [-0.3, -0.25) is 0 Å². The Balaban J connectivity index is -0.000000131. The van der Waals surface area contributed by atoms with Gasteiger partial charge in [-0.1, -0.05) is 13.5 Å². The van der Waals surface area contributed by atoms with Gasteiger partial charge in [0.2, 0.25) is 0 Å². The third-order valence-electron chi connectivity index (χ3n) is 0.972. The van der Waals surface area contributed by atoms with E-state index in [-0.39, 0.29) is 19.4 Å². The number of nitrogens with one attached hydrogen (secondary N) is 1. The van der Waals surface area contributed by atoms with Gasteiger partial charge in [-0.2, -0.15) is 12.6 Å². The first-order valence-corrected chi connectivity index (χ1v) is 8.97. The van der Waals surface area contributed by atoms with Crippen molar-refractivity contribution in [1.82, 2.24) is 4.98 Å². The van der Waals surface area contributed by atoms with Gasteiger partial charge in [-0.15, -0.1) is 13.2 Å². The fraction of sp³-hybridized carbons (Fsp3) is 0.750. The van der Waals surface area contributed by atoms with Crippen LogP contribution in [0.15, 0.2) is 13.2 Å². The Morgan fingerprint density at radius 2 is 2.00 bits per heavy atom. The number of hydrogen-bond donors (Lipinski definition) is 2. The van der Waals surface area contributed by atoms with Crippen LogP contribution in [0, 0.1) is 0 Å². The van der Waals surface area contributed by atoms with Crippen molar-refractivity contribution in [3.8, 4) is 0 Å². The molecule has 0 aliphatic rings. The van der Waals surface area contributed by atoms with Crippen LogP contribution < -0.4 is 4.98 Å². The van der Waals surface area contributed by atoms with Crippen LogP contribution in [0.2, 0.25) is 6.55 Å². The van der Waals surface area contributed by atoms with E-state index in [0.717, 1.165) is 5.38 Å². The predicted molar refractivity (Wildman–Crippen MR) is 73.4 cm³/mol. The minimum absolute atomic E-state index is 0.153. The first-order chi connectivity index (χ1) is 6.33. The normalized spacial score (nSPS) is 9.54. The average molecular weight is 240 g/mol. The lowest BCUT2D eigenvalue weighted by Crippen LogP contribution is -2.15. The Labute approximate surface area is 93.8 Å². The summed E-state index contributed by atoms with van der Waals surface area (Å²) in [5, 5.41) is 0.955. The monoisotopic (exact) mass is 239 g/mol. The second-order valence-electron chi connectivity index (χ2n) is 2.07. The molecule has 0 aliphatic heterocycles. The lowest BCUT2D eigenvalue weighted by Gasteiger charge is -1.91. The molecule has 5 heteroatoms. The molecule has 0 saturated carbocycles. The summed E-state index contributed by atoms with van der Waals surface area (Å²) in [4.78, 5) is 3.34. The molecule has 2 nitrogen and oxygen atoms in total. The smallest absolute Gasteiger partial charge is 0.170 e. The van der Waals surface area contributed by atoms with Crippen molar-refractivity contribution in [3.63, 3.8) is 0 Å². The van der Waals surface area contributed by atoms with Crippen LogP contribution in [-0.2, 0) is 4.43 Å². The van der Waals surface area contributed by atoms with Crippen LogP contribution >= 0.6 is 12.6 Å². The summed E-state index contributed by atoms with van der Waals surface area (Å²) in [6, 6.07) is 0. The molecular formula is C8H25NOSSi2. The van der Waals surface area contributed by atoms with E-state index in [1.807, 2.05) is 0 Å². The topological polar surface area (TPSA) is 21.3 Å². The van der Waals surface area contributed by atoms with Crippen molar-refractivity contribution in [3.05, 3.63) is 13.2 Å². The van der Waals surface area contributed by atoms with Crippen molar-refractivity contribution in [2.75, 3.05) is 19.0 Å². The van der Waals surface area contributed by atoms with Crippen LogP contribution in [0.25, 0.3) is 0 Å². The molecule has 0 atom stereocenters. The van der Waals surface area contributed by atoms with Gasteiger partial charge in [0.1, 0.15) is 0 Å². The van der Waals surface area contributed by atoms with Crippen LogP contribution in [-0.4, -0.2) is 38.5 Å². The first kappa shape index (κ1) is 19.1. The Kier molecular flexibility index (Phi) is 43.2. The first-order valence-electron chi connectivity index (χ1n) is 4.63. The molecule has 0 bridgehead atoms. The molecule has 0 saturated heterocycles. The highest BCUT2D eigenvalue weighted by atomic mass is 32.1. The average Bonchev–Trinajstić information content (AvgIpc) is 2.20. The fourth-order valence-corrected chi connectivity index (χ4v) is 1.88. The molecule has 0 rings (SSSR count). The SMILES string of the molecule is C=C.CCCN[SiH2]C.CO[SiH2]CS. The molecule has 0 aromatic heterocycles. The van der Waals surface area contributed by atoms with E-state index in [1.165, 1.54) is 13.0 Å². The Morgan fingerprint density at radius 1 is 1.46 bits per heavy atom. The molecule has 0 heterocycles. The Hall–Kier alpha value is 0.444. The lowest BCUT2D eigenvalue weighted by molar-refractivity contribution is 0.446. The van der Waals surface area contributed by atoms with Crippen molar-refractivity contribution in [2.45, 2.75) is 19.9 Å². The summed E-state index contributed by atoms with van der Waals surface area (Å²) in [5.41, 5.74) is 0. The summed E-state index contributed by atoms with van der Waals surface area (Å²) in [5.74, 6) is 0. The maximum Gasteiger partial charge on any atom is 0.170 e. The van der Waals surface area contributed by atoms with E-state index < -0.39 is 0 Å². The molecule has 0 aromatic rings. The highest BCUT2D eigenvalue weighted by molar-refractivity contribution is 7.81. The number of hydrogen-bond acceptors (Lipinski definition) is 3. The van der Waals surface area contributed by atoms with E-state index >= 15 is 0 Å². The second kappa shape index (κ2) is 29.4. The van der Waals surface area contributed by atoms with E-state index in [4.69, 9.17) is 4.43 Å². The van der Waals surface area contributed by atoms with Crippen molar-refractivity contribution >= 4 is 32.1 Å². The predicted octanol–water partition coefficient (Wildman–Crippen LogP) is 0.524. The highest BCUT2D eigenvalue weighted by Gasteiger charge is 1.72. The molecule has 0 unspecified atom stereocenters.